The van der Waals surface area contributed by atoms with E-state index < -0.39 is 15.8 Å². The standard InChI is InChI=1S/C15H14Cl2FNO4S/c1-22-14-5-3-11(9-13(14)17)24(20,21)19-6-7-23-15-4-2-10(18)8-12(15)16/h2-5,8-9,19H,6-7H2,1H3. The van der Waals surface area contributed by atoms with E-state index in [0.717, 1.165) is 6.07 Å². The lowest BCUT2D eigenvalue weighted by Crippen LogP contribution is -2.28. The molecule has 130 valence electrons. The van der Waals surface area contributed by atoms with Crippen molar-refractivity contribution in [2.75, 3.05) is 20.3 Å². The average molecular weight is 394 g/mol. The Balaban J connectivity index is 1.94. The highest BCUT2D eigenvalue weighted by atomic mass is 35.5. The molecule has 0 fully saturated rings. The van der Waals surface area contributed by atoms with E-state index in [0.29, 0.717) is 5.75 Å². The van der Waals surface area contributed by atoms with Gasteiger partial charge in [0, 0.05) is 6.54 Å². The van der Waals surface area contributed by atoms with E-state index in [1.807, 2.05) is 0 Å². The van der Waals surface area contributed by atoms with Crippen molar-refractivity contribution in [1.29, 1.82) is 0 Å². The Bertz CT molecular complexity index is 830. The fourth-order valence-electron chi connectivity index (χ4n) is 1.83. The van der Waals surface area contributed by atoms with Gasteiger partial charge in [-0.1, -0.05) is 23.2 Å². The summed E-state index contributed by atoms with van der Waals surface area (Å²) in [5.74, 6) is 0.166. The first-order chi connectivity index (χ1) is 11.3. The number of hydrogen-bond acceptors (Lipinski definition) is 4. The van der Waals surface area contributed by atoms with Gasteiger partial charge in [-0.25, -0.2) is 17.5 Å². The van der Waals surface area contributed by atoms with E-state index in [4.69, 9.17) is 32.7 Å². The Morgan fingerprint density at radius 2 is 1.75 bits per heavy atom. The molecule has 0 unspecified atom stereocenters. The van der Waals surface area contributed by atoms with E-state index in [1.54, 1.807) is 0 Å². The van der Waals surface area contributed by atoms with Crippen molar-refractivity contribution < 1.29 is 22.3 Å². The monoisotopic (exact) mass is 393 g/mol. The van der Waals surface area contributed by atoms with Gasteiger partial charge in [0.15, 0.2) is 0 Å². The zero-order chi connectivity index (χ0) is 17.7. The van der Waals surface area contributed by atoms with Crippen molar-refractivity contribution in [2.45, 2.75) is 4.90 Å². The minimum Gasteiger partial charge on any atom is -0.495 e. The van der Waals surface area contributed by atoms with Gasteiger partial charge in [0.1, 0.15) is 23.9 Å². The van der Waals surface area contributed by atoms with Gasteiger partial charge in [0.05, 0.1) is 22.1 Å². The average Bonchev–Trinajstić information content (AvgIpc) is 2.53. The molecular weight excluding hydrogens is 380 g/mol. The minimum absolute atomic E-state index is 0.000311. The van der Waals surface area contributed by atoms with Crippen LogP contribution in [0.1, 0.15) is 0 Å². The molecule has 2 aromatic carbocycles. The van der Waals surface area contributed by atoms with Crippen molar-refractivity contribution in [2.24, 2.45) is 0 Å². The molecule has 0 spiro atoms. The first-order valence-electron chi connectivity index (χ1n) is 6.74. The largest absolute Gasteiger partial charge is 0.495 e. The lowest BCUT2D eigenvalue weighted by molar-refractivity contribution is 0.322. The highest BCUT2D eigenvalue weighted by Crippen LogP contribution is 2.27. The van der Waals surface area contributed by atoms with Gasteiger partial charge in [0.2, 0.25) is 10.0 Å². The summed E-state index contributed by atoms with van der Waals surface area (Å²) >= 11 is 11.7. The molecule has 2 aromatic rings. The van der Waals surface area contributed by atoms with Crippen LogP contribution in [0.3, 0.4) is 0 Å². The summed E-state index contributed by atoms with van der Waals surface area (Å²) in [5.41, 5.74) is 0. The van der Waals surface area contributed by atoms with Crippen LogP contribution in [-0.4, -0.2) is 28.7 Å². The summed E-state index contributed by atoms with van der Waals surface area (Å²) in [6.07, 6.45) is 0. The van der Waals surface area contributed by atoms with Gasteiger partial charge in [-0.3, -0.25) is 0 Å². The Kier molecular flexibility index (Phi) is 6.28. The molecule has 2 rings (SSSR count). The maximum Gasteiger partial charge on any atom is 0.240 e. The van der Waals surface area contributed by atoms with Crippen LogP contribution >= 0.6 is 23.2 Å². The SMILES string of the molecule is COc1ccc(S(=O)(=O)NCCOc2ccc(F)cc2Cl)cc1Cl. The molecule has 0 aromatic heterocycles. The van der Waals surface area contributed by atoms with E-state index in [9.17, 15) is 12.8 Å². The Labute approximate surface area is 149 Å². The van der Waals surface area contributed by atoms with E-state index in [1.165, 1.54) is 37.4 Å². The van der Waals surface area contributed by atoms with Crippen LogP contribution in [0.4, 0.5) is 4.39 Å². The first kappa shape index (κ1) is 18.8. The number of rotatable bonds is 7. The summed E-state index contributed by atoms with van der Waals surface area (Å²) in [6, 6.07) is 7.82. The Morgan fingerprint density at radius 1 is 1.08 bits per heavy atom. The smallest absolute Gasteiger partial charge is 0.240 e. The zero-order valence-corrected chi connectivity index (χ0v) is 14.9. The first-order valence-corrected chi connectivity index (χ1v) is 8.98. The molecule has 0 heterocycles. The topological polar surface area (TPSA) is 64.6 Å². The van der Waals surface area contributed by atoms with Crippen LogP contribution in [-0.2, 0) is 10.0 Å². The Hall–Kier alpha value is -1.54. The van der Waals surface area contributed by atoms with Crippen molar-refractivity contribution in [3.05, 3.63) is 52.3 Å². The van der Waals surface area contributed by atoms with Gasteiger partial charge in [0.25, 0.3) is 0 Å². The molecule has 0 bridgehead atoms. The molecule has 0 saturated carbocycles. The van der Waals surface area contributed by atoms with Gasteiger partial charge in [-0.15, -0.1) is 0 Å². The molecule has 5 nitrogen and oxygen atoms in total. The fraction of sp³-hybridized carbons (Fsp3) is 0.200. The van der Waals surface area contributed by atoms with Gasteiger partial charge >= 0.3 is 0 Å². The highest BCUT2D eigenvalue weighted by molar-refractivity contribution is 7.89. The number of hydrogen-bond donors (Lipinski definition) is 1. The van der Waals surface area contributed by atoms with Crippen LogP contribution < -0.4 is 14.2 Å². The van der Waals surface area contributed by atoms with Crippen LogP contribution in [0, 0.1) is 5.82 Å². The van der Waals surface area contributed by atoms with E-state index >= 15 is 0 Å². The third-order valence-corrected chi connectivity index (χ3v) is 5.03. The normalized spacial score (nSPS) is 11.3. The quantitative estimate of drug-likeness (QED) is 0.731. The lowest BCUT2D eigenvalue weighted by atomic mass is 10.3. The zero-order valence-electron chi connectivity index (χ0n) is 12.6. The molecular formula is C15H14Cl2FNO4S. The summed E-state index contributed by atoms with van der Waals surface area (Å²) < 4.78 is 49.9. The number of ether oxygens (including phenoxy) is 2. The van der Waals surface area contributed by atoms with E-state index in [-0.39, 0.29) is 33.8 Å². The number of methoxy groups -OCH3 is 1. The second-order valence-corrected chi connectivity index (χ2v) is 7.20. The summed E-state index contributed by atoms with van der Waals surface area (Å²) in [5, 5.41) is 0.300. The van der Waals surface area contributed by atoms with Crippen LogP contribution in [0.25, 0.3) is 0 Å². The fourth-order valence-corrected chi connectivity index (χ4v) is 3.41. The summed E-state index contributed by atoms with van der Waals surface area (Å²) in [6.45, 7) is 0.0220. The van der Waals surface area contributed by atoms with Crippen molar-refractivity contribution >= 4 is 33.2 Å². The van der Waals surface area contributed by atoms with Crippen LogP contribution in [0.15, 0.2) is 41.3 Å². The summed E-state index contributed by atoms with van der Waals surface area (Å²) in [4.78, 5) is 0.00751. The Morgan fingerprint density at radius 3 is 2.38 bits per heavy atom. The third kappa shape index (κ3) is 4.73. The summed E-state index contributed by atoms with van der Waals surface area (Å²) in [7, 11) is -2.31. The molecule has 0 saturated heterocycles. The predicted molar refractivity (Wildman–Crippen MR) is 90.1 cm³/mol. The lowest BCUT2D eigenvalue weighted by Gasteiger charge is -2.10. The number of sulfonamides is 1. The molecule has 1 N–H and O–H groups in total. The highest BCUT2D eigenvalue weighted by Gasteiger charge is 2.15. The maximum absolute atomic E-state index is 12.9. The number of halogens is 3. The molecule has 0 aliphatic carbocycles. The van der Waals surface area contributed by atoms with Crippen LogP contribution in [0.5, 0.6) is 11.5 Å². The molecule has 0 atom stereocenters. The molecule has 0 radical (unpaired) electrons. The molecule has 0 aliphatic rings. The second kappa shape index (κ2) is 8.02. The van der Waals surface area contributed by atoms with E-state index in [2.05, 4.69) is 4.72 Å². The maximum atomic E-state index is 12.9. The third-order valence-electron chi connectivity index (χ3n) is 2.98. The molecule has 9 heteroatoms. The molecule has 0 aliphatic heterocycles. The van der Waals surface area contributed by atoms with Crippen molar-refractivity contribution in [1.82, 2.24) is 4.72 Å². The van der Waals surface area contributed by atoms with Crippen molar-refractivity contribution in [3.8, 4) is 11.5 Å². The van der Waals surface area contributed by atoms with Crippen LogP contribution in [0.2, 0.25) is 10.0 Å². The minimum atomic E-state index is -3.74. The predicted octanol–water partition coefficient (Wildman–Crippen LogP) is 3.50. The second-order valence-electron chi connectivity index (χ2n) is 4.62. The van der Waals surface area contributed by atoms with Gasteiger partial charge in [-0.05, 0) is 36.4 Å². The number of nitrogens with one attached hydrogen (secondary N) is 1. The van der Waals surface area contributed by atoms with Gasteiger partial charge in [-0.2, -0.15) is 0 Å². The molecule has 24 heavy (non-hydrogen) atoms. The van der Waals surface area contributed by atoms with Crippen molar-refractivity contribution in [3.63, 3.8) is 0 Å². The number of benzene rings is 2. The van der Waals surface area contributed by atoms with Gasteiger partial charge < -0.3 is 9.47 Å². The molecule has 0 amide bonds.